The number of carbonyl (C=O) groups excluding carboxylic acids is 1. The fraction of sp³-hybridized carbons (Fsp3) is 0.588. The quantitative estimate of drug-likeness (QED) is 0.407. The lowest BCUT2D eigenvalue weighted by Crippen LogP contribution is -2.40. The van der Waals surface area contributed by atoms with E-state index in [9.17, 15) is 9.90 Å². The third-order valence-electron chi connectivity index (χ3n) is 3.87. The minimum atomic E-state index is -0.307. The summed E-state index contributed by atoms with van der Waals surface area (Å²) in [5.41, 5.74) is 0. The zero-order chi connectivity index (χ0) is 14.8. The van der Waals surface area contributed by atoms with Gasteiger partial charge in [0, 0.05) is 6.04 Å². The Bertz CT molecular complexity index is 349. The van der Waals surface area contributed by atoms with E-state index in [1.54, 1.807) is 0 Å². The summed E-state index contributed by atoms with van der Waals surface area (Å²) in [6, 6.07) is 0.179. The van der Waals surface area contributed by atoms with E-state index < -0.39 is 0 Å². The van der Waals surface area contributed by atoms with Gasteiger partial charge in [0.25, 0.3) is 0 Å². The Hall–Kier alpha value is -1.35. The van der Waals surface area contributed by atoms with Gasteiger partial charge in [0.1, 0.15) is 0 Å². The summed E-state index contributed by atoms with van der Waals surface area (Å²) in [6.45, 7) is 7.15. The van der Waals surface area contributed by atoms with Crippen molar-refractivity contribution >= 4 is 5.91 Å². The number of hydrogen-bond donors (Lipinski definition) is 2. The molecule has 0 spiro atoms. The highest BCUT2D eigenvalue weighted by atomic mass is 16.3. The van der Waals surface area contributed by atoms with E-state index in [0.29, 0.717) is 6.42 Å². The predicted molar refractivity (Wildman–Crippen MR) is 83.3 cm³/mol. The maximum atomic E-state index is 11.3. The van der Waals surface area contributed by atoms with Gasteiger partial charge in [-0.2, -0.15) is 0 Å². The van der Waals surface area contributed by atoms with Crippen molar-refractivity contribution in [3.63, 3.8) is 0 Å². The van der Waals surface area contributed by atoms with E-state index in [4.69, 9.17) is 0 Å². The maximum Gasteiger partial charge on any atom is 0.243 e. The van der Waals surface area contributed by atoms with Crippen molar-refractivity contribution in [2.24, 2.45) is 5.92 Å². The smallest absolute Gasteiger partial charge is 0.243 e. The number of rotatable bonds is 8. The van der Waals surface area contributed by atoms with Crippen molar-refractivity contribution in [3.8, 4) is 0 Å². The lowest BCUT2D eigenvalue weighted by atomic mass is 9.81. The number of unbranched alkanes of at least 4 members (excludes halogenated alkanes) is 1. The predicted octanol–water partition coefficient (Wildman–Crippen LogP) is 3.12. The van der Waals surface area contributed by atoms with Crippen molar-refractivity contribution in [1.82, 2.24) is 5.32 Å². The maximum absolute atomic E-state index is 11.3. The Kier molecular flexibility index (Phi) is 7.97. The van der Waals surface area contributed by atoms with Gasteiger partial charge in [-0.15, -0.1) is 6.58 Å². The first-order valence-corrected chi connectivity index (χ1v) is 7.54. The van der Waals surface area contributed by atoms with Crippen molar-refractivity contribution in [3.05, 3.63) is 37.5 Å². The lowest BCUT2D eigenvalue weighted by molar-refractivity contribution is -0.117. The van der Waals surface area contributed by atoms with Gasteiger partial charge in [0.05, 0.1) is 6.10 Å². The molecule has 0 aromatic rings. The molecule has 0 aromatic heterocycles. The van der Waals surface area contributed by atoms with Crippen LogP contribution >= 0.6 is 0 Å². The molecule has 20 heavy (non-hydrogen) atoms. The number of carbonyl (C=O) groups is 1. The molecule has 1 fully saturated rings. The monoisotopic (exact) mass is 277 g/mol. The number of aliphatic hydroxyl groups excluding tert-OH is 1. The first-order chi connectivity index (χ1) is 9.67. The lowest BCUT2D eigenvalue weighted by Gasteiger charge is -2.32. The molecule has 112 valence electrons. The molecule has 0 aliphatic heterocycles. The van der Waals surface area contributed by atoms with Crippen LogP contribution in [-0.2, 0) is 4.79 Å². The molecule has 1 saturated carbocycles. The fourth-order valence-corrected chi connectivity index (χ4v) is 2.73. The normalized spacial score (nSPS) is 24.2. The van der Waals surface area contributed by atoms with Crippen LogP contribution < -0.4 is 5.32 Å². The zero-order valence-corrected chi connectivity index (χ0v) is 12.3. The van der Waals surface area contributed by atoms with E-state index in [0.717, 1.165) is 38.5 Å². The van der Waals surface area contributed by atoms with E-state index >= 15 is 0 Å². The standard InChI is InChI=1S/C17H27NO2/c1-3-5-6-7-8-12-16(19)14-10-9-11-15(13-14)18-17(20)4-2/h3-4,7-8,14-16,19H,1-2,5-6,9-13H2,(H,18,20)/b8-7+. The first-order valence-electron chi connectivity index (χ1n) is 7.54. The first kappa shape index (κ1) is 16.7. The van der Waals surface area contributed by atoms with Crippen LogP contribution in [0.15, 0.2) is 37.5 Å². The topological polar surface area (TPSA) is 49.3 Å². The van der Waals surface area contributed by atoms with E-state index in [1.165, 1.54) is 6.08 Å². The summed E-state index contributed by atoms with van der Waals surface area (Å²) in [4.78, 5) is 11.3. The molecule has 3 atom stereocenters. The summed E-state index contributed by atoms with van der Waals surface area (Å²) < 4.78 is 0. The van der Waals surface area contributed by atoms with Gasteiger partial charge in [-0.25, -0.2) is 0 Å². The molecule has 0 saturated heterocycles. The average Bonchev–Trinajstić information content (AvgIpc) is 2.47. The van der Waals surface area contributed by atoms with Gasteiger partial charge in [-0.05, 0) is 50.5 Å². The summed E-state index contributed by atoms with van der Waals surface area (Å²) in [5, 5.41) is 13.2. The molecule has 0 bridgehead atoms. The molecule has 3 heteroatoms. The molecule has 1 aliphatic rings. The van der Waals surface area contributed by atoms with Gasteiger partial charge in [-0.3, -0.25) is 4.79 Å². The van der Waals surface area contributed by atoms with Gasteiger partial charge in [0.15, 0.2) is 0 Å². The highest BCUT2D eigenvalue weighted by Crippen LogP contribution is 2.28. The van der Waals surface area contributed by atoms with Crippen molar-refractivity contribution < 1.29 is 9.90 Å². The Morgan fingerprint density at radius 2 is 2.10 bits per heavy atom. The number of hydrogen-bond acceptors (Lipinski definition) is 2. The molecule has 0 aromatic carbocycles. The van der Waals surface area contributed by atoms with Crippen LogP contribution in [0, 0.1) is 5.92 Å². The Labute approximate surface area is 122 Å². The van der Waals surface area contributed by atoms with Crippen molar-refractivity contribution in [2.45, 2.75) is 57.1 Å². The van der Waals surface area contributed by atoms with E-state index in [2.05, 4.69) is 30.6 Å². The number of aliphatic hydroxyl groups is 1. The minimum Gasteiger partial charge on any atom is -0.393 e. The van der Waals surface area contributed by atoms with Crippen LogP contribution in [0.2, 0.25) is 0 Å². The fourth-order valence-electron chi connectivity index (χ4n) is 2.73. The summed E-state index contributed by atoms with van der Waals surface area (Å²) in [7, 11) is 0. The molecule has 0 radical (unpaired) electrons. The second kappa shape index (κ2) is 9.54. The molecule has 0 heterocycles. The minimum absolute atomic E-state index is 0.116. The second-order valence-electron chi connectivity index (χ2n) is 5.48. The third kappa shape index (κ3) is 6.20. The van der Waals surface area contributed by atoms with Crippen LogP contribution in [0.4, 0.5) is 0 Å². The molecular weight excluding hydrogens is 250 g/mol. The van der Waals surface area contributed by atoms with E-state index in [-0.39, 0.29) is 24.0 Å². The van der Waals surface area contributed by atoms with Gasteiger partial charge < -0.3 is 10.4 Å². The molecular formula is C17H27NO2. The van der Waals surface area contributed by atoms with Crippen LogP contribution in [0.5, 0.6) is 0 Å². The van der Waals surface area contributed by atoms with Crippen LogP contribution in [0.1, 0.15) is 44.9 Å². The third-order valence-corrected chi connectivity index (χ3v) is 3.87. The molecule has 3 unspecified atom stereocenters. The highest BCUT2D eigenvalue weighted by molar-refractivity contribution is 5.87. The molecule has 1 aliphatic carbocycles. The van der Waals surface area contributed by atoms with Gasteiger partial charge in [-0.1, -0.05) is 31.2 Å². The number of nitrogens with one attached hydrogen (secondary N) is 1. The number of allylic oxidation sites excluding steroid dienone is 2. The Balaban J connectivity index is 2.33. The Morgan fingerprint density at radius 1 is 1.30 bits per heavy atom. The van der Waals surface area contributed by atoms with Gasteiger partial charge in [0.2, 0.25) is 5.91 Å². The summed E-state index contributed by atoms with van der Waals surface area (Å²) in [5.74, 6) is 0.164. The molecule has 1 amide bonds. The Morgan fingerprint density at radius 3 is 2.80 bits per heavy atom. The van der Waals surface area contributed by atoms with Crippen molar-refractivity contribution in [2.75, 3.05) is 0 Å². The van der Waals surface area contributed by atoms with Crippen LogP contribution in [0.3, 0.4) is 0 Å². The SMILES string of the molecule is C=CCC/C=C/CC(O)C1CCCC(NC(=O)C=C)C1. The second-order valence-corrected chi connectivity index (χ2v) is 5.48. The molecule has 2 N–H and O–H groups in total. The van der Waals surface area contributed by atoms with Crippen molar-refractivity contribution in [1.29, 1.82) is 0 Å². The highest BCUT2D eigenvalue weighted by Gasteiger charge is 2.27. The average molecular weight is 277 g/mol. The van der Waals surface area contributed by atoms with E-state index in [1.807, 2.05) is 6.08 Å². The molecule has 1 rings (SSSR count). The summed E-state index contributed by atoms with van der Waals surface area (Å²) >= 11 is 0. The van der Waals surface area contributed by atoms with Crippen LogP contribution in [-0.4, -0.2) is 23.2 Å². The zero-order valence-electron chi connectivity index (χ0n) is 12.3. The molecule has 3 nitrogen and oxygen atoms in total. The van der Waals surface area contributed by atoms with Crippen LogP contribution in [0.25, 0.3) is 0 Å². The van der Waals surface area contributed by atoms with Gasteiger partial charge >= 0.3 is 0 Å². The number of amides is 1. The largest absolute Gasteiger partial charge is 0.393 e. The summed E-state index contributed by atoms with van der Waals surface area (Å²) in [6.07, 6.45) is 13.7.